The summed E-state index contributed by atoms with van der Waals surface area (Å²) in [5.74, 6) is -0.544. The summed E-state index contributed by atoms with van der Waals surface area (Å²) in [6, 6.07) is 5.43. The molecule has 1 N–H and O–H groups in total. The average Bonchev–Trinajstić information content (AvgIpc) is 3.10. The lowest BCUT2D eigenvalue weighted by atomic mass is 10.1. The van der Waals surface area contributed by atoms with Gasteiger partial charge in [-0.2, -0.15) is 0 Å². The van der Waals surface area contributed by atoms with Gasteiger partial charge in [-0.3, -0.25) is 10.2 Å². The van der Waals surface area contributed by atoms with Crippen molar-refractivity contribution >= 4 is 22.3 Å². The van der Waals surface area contributed by atoms with Crippen LogP contribution in [-0.2, 0) is 6.54 Å². The highest BCUT2D eigenvalue weighted by Crippen LogP contribution is 2.19. The fourth-order valence-corrected chi connectivity index (χ4v) is 3.15. The minimum Gasteiger partial charge on any atom is -0.347 e. The molecule has 2 aromatic rings. The molecule has 2 heterocycles. The molecular formula is C14H15FN4OS. The maximum Gasteiger partial charge on any atom is 0.207 e. The predicted octanol–water partition coefficient (Wildman–Crippen LogP) is 2.05. The van der Waals surface area contributed by atoms with Crippen LogP contribution >= 0.6 is 11.3 Å². The van der Waals surface area contributed by atoms with Crippen LogP contribution in [0.2, 0.25) is 0 Å². The molecule has 0 amide bonds. The maximum atomic E-state index is 12.9. The lowest BCUT2D eigenvalue weighted by Gasteiger charge is -2.11. The summed E-state index contributed by atoms with van der Waals surface area (Å²) < 4.78 is 14.3. The van der Waals surface area contributed by atoms with E-state index >= 15 is 0 Å². The summed E-state index contributed by atoms with van der Waals surface area (Å²) >= 11 is 1.28. The monoisotopic (exact) mass is 306 g/mol. The number of halogens is 1. The van der Waals surface area contributed by atoms with Crippen molar-refractivity contribution in [2.75, 3.05) is 18.0 Å². The number of rotatable bonds is 4. The molecule has 1 aromatic heterocycles. The summed E-state index contributed by atoms with van der Waals surface area (Å²) in [5, 5.41) is 13.1. The number of anilines is 1. The van der Waals surface area contributed by atoms with Crippen LogP contribution in [0.15, 0.2) is 24.3 Å². The zero-order valence-corrected chi connectivity index (χ0v) is 12.2. The van der Waals surface area contributed by atoms with Gasteiger partial charge in [-0.15, -0.1) is 5.10 Å². The Balaban J connectivity index is 1.76. The Morgan fingerprint density at radius 2 is 1.95 bits per heavy atom. The van der Waals surface area contributed by atoms with Gasteiger partial charge in [0.15, 0.2) is 5.78 Å². The molecule has 21 heavy (non-hydrogen) atoms. The summed E-state index contributed by atoms with van der Waals surface area (Å²) in [4.78, 5) is 14.5. The van der Waals surface area contributed by atoms with E-state index in [0.717, 1.165) is 31.1 Å². The lowest BCUT2D eigenvalue weighted by molar-refractivity contribution is 0.0966. The summed E-state index contributed by atoms with van der Waals surface area (Å²) in [7, 11) is 0. The van der Waals surface area contributed by atoms with Crippen molar-refractivity contribution in [3.05, 3.63) is 40.4 Å². The van der Waals surface area contributed by atoms with E-state index in [1.165, 1.54) is 40.3 Å². The third-order valence-corrected chi connectivity index (χ3v) is 4.39. The van der Waals surface area contributed by atoms with Crippen molar-refractivity contribution in [1.82, 2.24) is 9.78 Å². The number of carbonyl (C=O) groups excluding carboxylic acids is 1. The molecule has 1 fully saturated rings. The van der Waals surface area contributed by atoms with Crippen molar-refractivity contribution in [3.63, 3.8) is 0 Å². The van der Waals surface area contributed by atoms with Gasteiger partial charge < -0.3 is 4.90 Å². The number of nitrogens with one attached hydrogen (secondary N) is 1. The minimum absolute atomic E-state index is 0.00874. The second-order valence-electron chi connectivity index (χ2n) is 4.97. The molecule has 0 spiro atoms. The average molecular weight is 306 g/mol. The van der Waals surface area contributed by atoms with Crippen molar-refractivity contribution in [3.8, 4) is 0 Å². The molecule has 110 valence electrons. The molecule has 5 nitrogen and oxygen atoms in total. The highest BCUT2D eigenvalue weighted by Gasteiger charge is 2.18. The molecule has 1 aliphatic heterocycles. The quantitative estimate of drug-likeness (QED) is 0.879. The molecule has 0 bridgehead atoms. The Labute approximate surface area is 125 Å². The number of benzene rings is 1. The van der Waals surface area contributed by atoms with Crippen LogP contribution in [0.25, 0.3) is 0 Å². The maximum absolute atomic E-state index is 12.9. The van der Waals surface area contributed by atoms with Gasteiger partial charge in [0.25, 0.3) is 0 Å². The molecule has 0 saturated carbocycles. The molecular weight excluding hydrogens is 291 g/mol. The molecule has 1 aliphatic rings. The third-order valence-electron chi connectivity index (χ3n) is 3.46. The van der Waals surface area contributed by atoms with Crippen LogP contribution in [0.5, 0.6) is 0 Å². The number of ketones is 1. The number of Topliss-reactive ketones (excluding diaryl/α,β-unsaturated/α-hetero) is 1. The van der Waals surface area contributed by atoms with E-state index < -0.39 is 0 Å². The summed E-state index contributed by atoms with van der Waals surface area (Å²) in [5.41, 5.74) is 0.430. The molecule has 3 rings (SSSR count). The first-order chi connectivity index (χ1) is 10.1. The standard InChI is InChI=1S/C14H15FN4OS/c15-11-5-3-10(4-6-11)12(20)9-19-13(16)21-14(17-19)18-7-1-2-8-18/h3-6,16H,1-2,7-9H2. The van der Waals surface area contributed by atoms with Gasteiger partial charge in [-0.25, -0.2) is 9.07 Å². The number of nitrogens with zero attached hydrogens (tertiary/aromatic N) is 3. The van der Waals surface area contributed by atoms with E-state index in [4.69, 9.17) is 5.41 Å². The first kappa shape index (κ1) is 13.9. The van der Waals surface area contributed by atoms with E-state index in [-0.39, 0.29) is 22.9 Å². The smallest absolute Gasteiger partial charge is 0.207 e. The van der Waals surface area contributed by atoms with E-state index in [0.29, 0.717) is 5.56 Å². The van der Waals surface area contributed by atoms with Crippen LogP contribution < -0.4 is 9.70 Å². The normalized spacial score (nSPS) is 14.6. The summed E-state index contributed by atoms with van der Waals surface area (Å²) in [6.45, 7) is 1.92. The van der Waals surface area contributed by atoms with Gasteiger partial charge in [0, 0.05) is 18.7 Å². The first-order valence-corrected chi connectivity index (χ1v) is 7.61. The van der Waals surface area contributed by atoms with E-state index in [2.05, 4.69) is 10.00 Å². The highest BCUT2D eigenvalue weighted by molar-refractivity contribution is 7.12. The lowest BCUT2D eigenvalue weighted by Crippen LogP contribution is -2.22. The van der Waals surface area contributed by atoms with E-state index in [9.17, 15) is 9.18 Å². The van der Waals surface area contributed by atoms with Crippen LogP contribution in [0.3, 0.4) is 0 Å². The molecule has 0 atom stereocenters. The van der Waals surface area contributed by atoms with Gasteiger partial charge in [-0.05, 0) is 37.1 Å². The third kappa shape index (κ3) is 3.02. The second kappa shape index (κ2) is 5.77. The fraction of sp³-hybridized carbons (Fsp3) is 0.357. The molecule has 1 saturated heterocycles. The van der Waals surface area contributed by atoms with Crippen molar-refractivity contribution in [1.29, 1.82) is 5.41 Å². The van der Waals surface area contributed by atoms with Crippen LogP contribution in [-0.4, -0.2) is 28.7 Å². The Hall–Kier alpha value is -2.02. The van der Waals surface area contributed by atoms with E-state index in [1.54, 1.807) is 0 Å². The Kier molecular flexibility index (Phi) is 3.83. The molecule has 0 radical (unpaired) electrons. The zero-order valence-electron chi connectivity index (χ0n) is 11.4. The van der Waals surface area contributed by atoms with Crippen molar-refractivity contribution in [2.45, 2.75) is 19.4 Å². The van der Waals surface area contributed by atoms with Gasteiger partial charge in [0.2, 0.25) is 9.93 Å². The zero-order chi connectivity index (χ0) is 14.8. The number of aromatic nitrogens is 2. The van der Waals surface area contributed by atoms with E-state index in [1.807, 2.05) is 0 Å². The summed E-state index contributed by atoms with van der Waals surface area (Å²) in [6.07, 6.45) is 2.28. The molecule has 1 aromatic carbocycles. The number of hydrogen-bond donors (Lipinski definition) is 1. The Morgan fingerprint density at radius 1 is 1.29 bits per heavy atom. The van der Waals surface area contributed by atoms with Crippen LogP contribution in [0.1, 0.15) is 23.2 Å². The Morgan fingerprint density at radius 3 is 2.62 bits per heavy atom. The van der Waals surface area contributed by atoms with Crippen LogP contribution in [0, 0.1) is 11.2 Å². The number of carbonyl (C=O) groups is 1. The van der Waals surface area contributed by atoms with Gasteiger partial charge in [-0.1, -0.05) is 11.3 Å². The fourth-order valence-electron chi connectivity index (χ4n) is 2.31. The van der Waals surface area contributed by atoms with Crippen LogP contribution in [0.4, 0.5) is 9.52 Å². The largest absolute Gasteiger partial charge is 0.347 e. The Bertz CT molecular complexity index is 701. The molecule has 7 heteroatoms. The van der Waals surface area contributed by atoms with Gasteiger partial charge >= 0.3 is 0 Å². The van der Waals surface area contributed by atoms with Gasteiger partial charge in [0.1, 0.15) is 12.4 Å². The number of hydrogen-bond acceptors (Lipinski definition) is 5. The predicted molar refractivity (Wildman–Crippen MR) is 78.1 cm³/mol. The molecule has 0 aliphatic carbocycles. The topological polar surface area (TPSA) is 62.0 Å². The minimum atomic E-state index is -0.370. The molecule has 0 unspecified atom stereocenters. The van der Waals surface area contributed by atoms with Crippen molar-refractivity contribution in [2.24, 2.45) is 0 Å². The second-order valence-corrected chi connectivity index (χ2v) is 5.93. The highest BCUT2D eigenvalue weighted by atomic mass is 32.1. The van der Waals surface area contributed by atoms with Crippen molar-refractivity contribution < 1.29 is 9.18 Å². The first-order valence-electron chi connectivity index (χ1n) is 6.80. The SMILES string of the molecule is N=c1sc(N2CCCC2)nn1CC(=O)c1ccc(F)cc1. The van der Waals surface area contributed by atoms with Gasteiger partial charge in [0.05, 0.1) is 0 Å².